The van der Waals surface area contributed by atoms with Gasteiger partial charge in [0.05, 0.1) is 0 Å². The normalized spacial score (nSPS) is 15.7. The Morgan fingerprint density at radius 2 is 1.90 bits per heavy atom. The molecule has 110 valence electrons. The van der Waals surface area contributed by atoms with E-state index >= 15 is 0 Å². The van der Waals surface area contributed by atoms with Gasteiger partial charge in [-0.1, -0.05) is 35.9 Å². The highest BCUT2D eigenvalue weighted by Gasteiger charge is 2.18. The maximum absolute atomic E-state index is 10.8. The highest BCUT2D eigenvalue weighted by molar-refractivity contribution is 5.57. The lowest BCUT2D eigenvalue weighted by molar-refractivity contribution is 0.219. The summed E-state index contributed by atoms with van der Waals surface area (Å²) in [6.07, 6.45) is 1.75. The SMILES string of the molecule is Cc1ccc(C)c(C(O)c2ccc3c(c2)CCCN3C)c1. The number of benzene rings is 2. The van der Waals surface area contributed by atoms with Crippen LogP contribution >= 0.6 is 0 Å². The predicted molar refractivity (Wildman–Crippen MR) is 88.0 cm³/mol. The molecule has 0 amide bonds. The van der Waals surface area contributed by atoms with Gasteiger partial charge in [-0.2, -0.15) is 0 Å². The summed E-state index contributed by atoms with van der Waals surface area (Å²) in [7, 11) is 2.14. The fraction of sp³-hybridized carbons (Fsp3) is 0.368. The summed E-state index contributed by atoms with van der Waals surface area (Å²) in [4.78, 5) is 2.30. The summed E-state index contributed by atoms with van der Waals surface area (Å²) < 4.78 is 0. The Morgan fingerprint density at radius 3 is 2.71 bits per heavy atom. The molecule has 0 saturated carbocycles. The molecule has 0 bridgehead atoms. The molecule has 1 N–H and O–H groups in total. The number of fused-ring (bicyclic) bond motifs is 1. The molecule has 0 aliphatic carbocycles. The van der Waals surface area contributed by atoms with Crippen molar-refractivity contribution in [3.63, 3.8) is 0 Å². The van der Waals surface area contributed by atoms with E-state index in [-0.39, 0.29) is 0 Å². The molecule has 1 aliphatic heterocycles. The van der Waals surface area contributed by atoms with Crippen molar-refractivity contribution in [3.8, 4) is 0 Å². The van der Waals surface area contributed by atoms with E-state index in [2.05, 4.69) is 62.2 Å². The van der Waals surface area contributed by atoms with Crippen LogP contribution in [0.25, 0.3) is 0 Å². The van der Waals surface area contributed by atoms with Crippen LogP contribution in [0, 0.1) is 13.8 Å². The minimum atomic E-state index is -0.539. The van der Waals surface area contributed by atoms with Gasteiger partial charge in [-0.3, -0.25) is 0 Å². The first-order chi connectivity index (χ1) is 10.1. The molecule has 1 atom stereocenters. The molecule has 0 aromatic heterocycles. The van der Waals surface area contributed by atoms with Gasteiger partial charge in [-0.25, -0.2) is 0 Å². The van der Waals surface area contributed by atoms with Crippen LogP contribution in [-0.2, 0) is 6.42 Å². The second kappa shape index (κ2) is 5.53. The molecular formula is C19H23NO. The molecule has 0 radical (unpaired) electrons. The Labute approximate surface area is 127 Å². The molecule has 0 saturated heterocycles. The Bertz CT molecular complexity index is 663. The van der Waals surface area contributed by atoms with E-state index in [0.717, 1.165) is 29.7 Å². The molecule has 0 fully saturated rings. The standard InChI is InChI=1S/C19H23NO/c1-13-6-7-14(2)17(11-13)19(21)16-8-9-18-15(12-16)5-4-10-20(18)3/h6-9,11-12,19,21H,4-5,10H2,1-3H3. The summed E-state index contributed by atoms with van der Waals surface area (Å²) >= 11 is 0. The second-order valence-electron chi connectivity index (χ2n) is 6.18. The number of nitrogens with zero attached hydrogens (tertiary/aromatic N) is 1. The summed E-state index contributed by atoms with van der Waals surface area (Å²) in [6, 6.07) is 12.7. The van der Waals surface area contributed by atoms with Crippen molar-refractivity contribution in [3.05, 3.63) is 64.2 Å². The van der Waals surface area contributed by atoms with Crippen LogP contribution in [-0.4, -0.2) is 18.7 Å². The van der Waals surface area contributed by atoms with Gasteiger partial charge >= 0.3 is 0 Å². The van der Waals surface area contributed by atoms with Crippen LogP contribution in [0.3, 0.4) is 0 Å². The summed E-state index contributed by atoms with van der Waals surface area (Å²) in [5.41, 5.74) is 7.00. The highest BCUT2D eigenvalue weighted by atomic mass is 16.3. The smallest absolute Gasteiger partial charge is 0.104 e. The second-order valence-corrected chi connectivity index (χ2v) is 6.18. The van der Waals surface area contributed by atoms with E-state index < -0.39 is 6.10 Å². The van der Waals surface area contributed by atoms with Crippen LogP contribution in [0.2, 0.25) is 0 Å². The van der Waals surface area contributed by atoms with Crippen molar-refractivity contribution in [1.82, 2.24) is 0 Å². The molecule has 2 nitrogen and oxygen atoms in total. The number of aryl methyl sites for hydroxylation is 3. The maximum Gasteiger partial charge on any atom is 0.104 e. The van der Waals surface area contributed by atoms with Gasteiger partial charge in [0.25, 0.3) is 0 Å². The number of hydrogen-bond acceptors (Lipinski definition) is 2. The van der Waals surface area contributed by atoms with Crippen molar-refractivity contribution in [1.29, 1.82) is 0 Å². The average molecular weight is 281 g/mol. The predicted octanol–water partition coefficient (Wildman–Crippen LogP) is 3.77. The Hall–Kier alpha value is -1.80. The molecule has 1 heterocycles. The van der Waals surface area contributed by atoms with E-state index in [1.165, 1.54) is 23.2 Å². The molecule has 21 heavy (non-hydrogen) atoms. The lowest BCUT2D eigenvalue weighted by Crippen LogP contribution is -2.24. The van der Waals surface area contributed by atoms with Gasteiger partial charge < -0.3 is 10.0 Å². The lowest BCUT2D eigenvalue weighted by atomic mass is 9.92. The monoisotopic (exact) mass is 281 g/mol. The molecular weight excluding hydrogens is 258 g/mol. The highest BCUT2D eigenvalue weighted by Crippen LogP contribution is 2.32. The summed E-state index contributed by atoms with van der Waals surface area (Å²) in [6.45, 7) is 5.24. The van der Waals surface area contributed by atoms with Gasteiger partial charge in [-0.05, 0) is 55.0 Å². The third-order valence-electron chi connectivity index (χ3n) is 4.50. The van der Waals surface area contributed by atoms with Crippen LogP contribution in [0.1, 0.15) is 40.3 Å². The lowest BCUT2D eigenvalue weighted by Gasteiger charge is -2.28. The molecule has 3 rings (SSSR count). The number of aliphatic hydroxyl groups excluding tert-OH is 1. The Balaban J connectivity index is 1.98. The van der Waals surface area contributed by atoms with Crippen LogP contribution in [0.15, 0.2) is 36.4 Å². The molecule has 2 aromatic rings. The fourth-order valence-electron chi connectivity index (χ4n) is 3.21. The molecule has 1 aliphatic rings. The van der Waals surface area contributed by atoms with Crippen molar-refractivity contribution in [2.75, 3.05) is 18.5 Å². The molecule has 2 aromatic carbocycles. The zero-order chi connectivity index (χ0) is 15.0. The first-order valence-electron chi connectivity index (χ1n) is 7.65. The summed E-state index contributed by atoms with van der Waals surface area (Å²) in [5, 5.41) is 10.8. The Kier molecular flexibility index (Phi) is 3.73. The van der Waals surface area contributed by atoms with E-state index in [4.69, 9.17) is 0 Å². The fourth-order valence-corrected chi connectivity index (χ4v) is 3.21. The van der Waals surface area contributed by atoms with Crippen LogP contribution in [0.4, 0.5) is 5.69 Å². The number of hydrogen-bond donors (Lipinski definition) is 1. The minimum Gasteiger partial charge on any atom is -0.384 e. The van der Waals surface area contributed by atoms with E-state index in [1.54, 1.807) is 0 Å². The largest absolute Gasteiger partial charge is 0.384 e. The van der Waals surface area contributed by atoms with Crippen molar-refractivity contribution >= 4 is 5.69 Å². The van der Waals surface area contributed by atoms with Crippen molar-refractivity contribution in [2.45, 2.75) is 32.8 Å². The summed E-state index contributed by atoms with van der Waals surface area (Å²) in [5.74, 6) is 0. The van der Waals surface area contributed by atoms with Gasteiger partial charge in [-0.15, -0.1) is 0 Å². The number of aliphatic hydroxyl groups is 1. The van der Waals surface area contributed by atoms with E-state index in [9.17, 15) is 5.11 Å². The maximum atomic E-state index is 10.8. The van der Waals surface area contributed by atoms with Gasteiger partial charge in [0.2, 0.25) is 0 Å². The number of rotatable bonds is 2. The first-order valence-corrected chi connectivity index (χ1v) is 7.65. The molecule has 1 unspecified atom stereocenters. The van der Waals surface area contributed by atoms with E-state index in [0.29, 0.717) is 0 Å². The zero-order valence-corrected chi connectivity index (χ0v) is 13.1. The van der Waals surface area contributed by atoms with Crippen molar-refractivity contribution < 1.29 is 5.11 Å². The molecule has 2 heteroatoms. The Morgan fingerprint density at radius 1 is 1.10 bits per heavy atom. The minimum absolute atomic E-state index is 0.539. The van der Waals surface area contributed by atoms with Gasteiger partial charge in [0.15, 0.2) is 0 Å². The average Bonchev–Trinajstić information content (AvgIpc) is 2.49. The van der Waals surface area contributed by atoms with Gasteiger partial charge in [0.1, 0.15) is 6.10 Å². The van der Waals surface area contributed by atoms with Crippen LogP contribution in [0.5, 0.6) is 0 Å². The van der Waals surface area contributed by atoms with Crippen LogP contribution < -0.4 is 4.90 Å². The topological polar surface area (TPSA) is 23.5 Å². The van der Waals surface area contributed by atoms with Gasteiger partial charge in [0, 0.05) is 19.3 Å². The number of anilines is 1. The third-order valence-corrected chi connectivity index (χ3v) is 4.50. The van der Waals surface area contributed by atoms with Crippen molar-refractivity contribution in [2.24, 2.45) is 0 Å². The van der Waals surface area contributed by atoms with E-state index in [1.807, 2.05) is 0 Å². The quantitative estimate of drug-likeness (QED) is 0.906. The first kappa shape index (κ1) is 14.2. The molecule has 0 spiro atoms. The third kappa shape index (κ3) is 2.68. The zero-order valence-electron chi connectivity index (χ0n) is 13.1.